The van der Waals surface area contributed by atoms with Crippen molar-refractivity contribution in [2.45, 2.75) is 20.8 Å². The molecule has 0 spiro atoms. The van der Waals surface area contributed by atoms with Crippen molar-refractivity contribution in [1.82, 2.24) is 4.98 Å². The number of aromatic nitrogens is 1. The Morgan fingerprint density at radius 2 is 1.76 bits per heavy atom. The molecule has 110 valence electrons. The van der Waals surface area contributed by atoms with Crippen molar-refractivity contribution in [2.24, 2.45) is 0 Å². The van der Waals surface area contributed by atoms with Crippen LogP contribution in [-0.2, 0) is 0 Å². The Morgan fingerprint density at radius 1 is 1.10 bits per heavy atom. The van der Waals surface area contributed by atoms with Crippen LogP contribution < -0.4 is 11.1 Å². The molecule has 1 heterocycles. The van der Waals surface area contributed by atoms with E-state index < -0.39 is 0 Å². The summed E-state index contributed by atoms with van der Waals surface area (Å²) in [7, 11) is 0. The van der Waals surface area contributed by atoms with Crippen LogP contribution in [0.2, 0.25) is 10.3 Å². The number of carbonyl (C=O) groups is 1. The minimum absolute atomic E-state index is 0.158. The van der Waals surface area contributed by atoms with Crippen LogP contribution in [0.3, 0.4) is 0 Å². The van der Waals surface area contributed by atoms with Crippen molar-refractivity contribution < 1.29 is 4.79 Å². The summed E-state index contributed by atoms with van der Waals surface area (Å²) < 4.78 is 0. The molecule has 2 aromatic rings. The highest BCUT2D eigenvalue weighted by molar-refractivity contribution is 6.35. The highest BCUT2D eigenvalue weighted by atomic mass is 35.5. The van der Waals surface area contributed by atoms with Gasteiger partial charge in [-0.05, 0) is 49.6 Å². The summed E-state index contributed by atoms with van der Waals surface area (Å²) in [6, 6.07) is 5.17. The van der Waals surface area contributed by atoms with Crippen molar-refractivity contribution >= 4 is 40.5 Å². The van der Waals surface area contributed by atoms with Gasteiger partial charge in [-0.25, -0.2) is 4.98 Å². The third kappa shape index (κ3) is 3.28. The number of halogens is 2. The number of hydrogen-bond acceptors (Lipinski definition) is 3. The van der Waals surface area contributed by atoms with Gasteiger partial charge >= 0.3 is 0 Å². The van der Waals surface area contributed by atoms with Crippen molar-refractivity contribution in [3.63, 3.8) is 0 Å². The van der Waals surface area contributed by atoms with E-state index in [4.69, 9.17) is 28.9 Å². The third-order valence-corrected chi connectivity index (χ3v) is 3.70. The first-order valence-corrected chi connectivity index (χ1v) is 7.06. The summed E-state index contributed by atoms with van der Waals surface area (Å²) in [5, 5.41) is 3.20. The molecule has 0 fully saturated rings. The Morgan fingerprint density at radius 3 is 2.38 bits per heavy atom. The zero-order chi connectivity index (χ0) is 15.7. The van der Waals surface area contributed by atoms with Gasteiger partial charge in [-0.1, -0.05) is 29.3 Å². The largest absolute Gasteiger partial charge is 0.398 e. The van der Waals surface area contributed by atoms with E-state index in [2.05, 4.69) is 10.3 Å². The Labute approximate surface area is 133 Å². The maximum atomic E-state index is 12.4. The number of carbonyl (C=O) groups excluding carboxylic acids is 1. The zero-order valence-electron chi connectivity index (χ0n) is 11.9. The van der Waals surface area contributed by atoms with E-state index in [0.717, 1.165) is 16.7 Å². The monoisotopic (exact) mass is 323 g/mol. The van der Waals surface area contributed by atoms with Gasteiger partial charge in [-0.2, -0.15) is 0 Å². The molecule has 21 heavy (non-hydrogen) atoms. The second kappa shape index (κ2) is 5.92. The zero-order valence-corrected chi connectivity index (χ0v) is 13.4. The summed E-state index contributed by atoms with van der Waals surface area (Å²) in [6.45, 7) is 5.55. The number of nitrogens with two attached hydrogens (primary N) is 1. The van der Waals surface area contributed by atoms with Gasteiger partial charge in [0.15, 0.2) is 5.15 Å². The van der Waals surface area contributed by atoms with E-state index >= 15 is 0 Å². The molecule has 1 aromatic carbocycles. The fourth-order valence-corrected chi connectivity index (χ4v) is 2.62. The number of hydrogen-bond donors (Lipinski definition) is 2. The lowest BCUT2D eigenvalue weighted by molar-refractivity contribution is 0.102. The van der Waals surface area contributed by atoms with Gasteiger partial charge in [0.05, 0.1) is 5.69 Å². The molecule has 0 atom stereocenters. The summed E-state index contributed by atoms with van der Waals surface area (Å²) >= 11 is 11.8. The number of rotatable bonds is 2. The van der Waals surface area contributed by atoms with E-state index in [-0.39, 0.29) is 16.2 Å². The van der Waals surface area contributed by atoms with Gasteiger partial charge in [-0.3, -0.25) is 4.79 Å². The first-order valence-electron chi connectivity index (χ1n) is 6.30. The van der Waals surface area contributed by atoms with Crippen molar-refractivity contribution in [1.29, 1.82) is 0 Å². The minimum atomic E-state index is -0.284. The van der Waals surface area contributed by atoms with Gasteiger partial charge in [0.1, 0.15) is 5.15 Å². The lowest BCUT2D eigenvalue weighted by Gasteiger charge is -2.13. The van der Waals surface area contributed by atoms with Crippen molar-refractivity contribution in [3.05, 3.63) is 50.8 Å². The predicted molar refractivity (Wildman–Crippen MR) is 87.3 cm³/mol. The summed E-state index contributed by atoms with van der Waals surface area (Å²) in [5.74, 6) is -0.284. The first-order chi connectivity index (χ1) is 9.79. The van der Waals surface area contributed by atoms with E-state index in [1.807, 2.05) is 19.9 Å². The van der Waals surface area contributed by atoms with Crippen LogP contribution in [0.25, 0.3) is 0 Å². The molecule has 0 saturated carbocycles. The molecule has 1 aromatic heterocycles. The standard InChI is InChI=1S/C15H15Cl2N3O/c1-7-4-8(2)11(18)6-10(7)15(21)20-13-9(3)5-12(16)19-14(13)17/h4-6H,18H2,1-3H3,(H,20,21). The highest BCUT2D eigenvalue weighted by Crippen LogP contribution is 2.27. The second-order valence-corrected chi connectivity index (χ2v) is 5.65. The van der Waals surface area contributed by atoms with Gasteiger partial charge in [0.25, 0.3) is 5.91 Å². The Balaban J connectivity index is 2.37. The van der Waals surface area contributed by atoms with E-state index in [1.54, 1.807) is 19.1 Å². The molecular weight excluding hydrogens is 309 g/mol. The Kier molecular flexibility index (Phi) is 4.40. The van der Waals surface area contributed by atoms with Gasteiger partial charge < -0.3 is 11.1 Å². The smallest absolute Gasteiger partial charge is 0.256 e. The summed E-state index contributed by atoms with van der Waals surface area (Å²) in [5.41, 5.74) is 9.91. The molecule has 0 saturated heterocycles. The minimum Gasteiger partial charge on any atom is -0.398 e. The molecule has 0 bridgehead atoms. The van der Waals surface area contributed by atoms with Crippen LogP contribution in [0.4, 0.5) is 11.4 Å². The predicted octanol–water partition coefficient (Wildman–Crippen LogP) is 4.15. The molecule has 0 aliphatic carbocycles. The number of nitrogen functional groups attached to an aromatic ring is 1. The number of nitrogens with one attached hydrogen (secondary N) is 1. The summed E-state index contributed by atoms with van der Waals surface area (Å²) in [6.07, 6.45) is 0. The van der Waals surface area contributed by atoms with E-state index in [0.29, 0.717) is 16.9 Å². The average molecular weight is 324 g/mol. The molecular formula is C15H15Cl2N3O. The molecule has 1 amide bonds. The normalized spacial score (nSPS) is 10.5. The van der Waals surface area contributed by atoms with Crippen LogP contribution in [0, 0.1) is 20.8 Å². The third-order valence-electron chi connectivity index (χ3n) is 3.24. The molecule has 0 unspecified atom stereocenters. The summed E-state index contributed by atoms with van der Waals surface area (Å²) in [4.78, 5) is 16.3. The number of amides is 1. The topological polar surface area (TPSA) is 68.0 Å². The molecule has 0 aliphatic rings. The fraction of sp³-hybridized carbons (Fsp3) is 0.200. The maximum Gasteiger partial charge on any atom is 0.256 e. The van der Waals surface area contributed by atoms with Crippen molar-refractivity contribution in [2.75, 3.05) is 11.1 Å². The molecule has 3 N–H and O–H groups in total. The first kappa shape index (κ1) is 15.6. The van der Waals surface area contributed by atoms with Gasteiger partial charge in [0.2, 0.25) is 0 Å². The lowest BCUT2D eigenvalue weighted by Crippen LogP contribution is -2.15. The highest BCUT2D eigenvalue weighted by Gasteiger charge is 2.15. The van der Waals surface area contributed by atoms with Crippen LogP contribution in [0.15, 0.2) is 18.2 Å². The quantitative estimate of drug-likeness (QED) is 0.644. The van der Waals surface area contributed by atoms with Gasteiger partial charge in [-0.15, -0.1) is 0 Å². The Hall–Kier alpha value is -1.78. The molecule has 0 radical (unpaired) electrons. The number of anilines is 2. The second-order valence-electron chi connectivity index (χ2n) is 4.91. The van der Waals surface area contributed by atoms with Crippen LogP contribution in [0.1, 0.15) is 27.0 Å². The fourth-order valence-electron chi connectivity index (χ4n) is 2.04. The number of pyridine rings is 1. The number of nitrogens with zero attached hydrogens (tertiary/aromatic N) is 1. The van der Waals surface area contributed by atoms with E-state index in [9.17, 15) is 4.79 Å². The lowest BCUT2D eigenvalue weighted by atomic mass is 10.0. The molecule has 2 rings (SSSR count). The van der Waals surface area contributed by atoms with E-state index in [1.165, 1.54) is 0 Å². The maximum absolute atomic E-state index is 12.4. The molecule has 4 nitrogen and oxygen atoms in total. The van der Waals surface area contributed by atoms with Crippen LogP contribution >= 0.6 is 23.2 Å². The van der Waals surface area contributed by atoms with Crippen LogP contribution in [0.5, 0.6) is 0 Å². The number of aryl methyl sites for hydroxylation is 3. The van der Waals surface area contributed by atoms with Crippen LogP contribution in [-0.4, -0.2) is 10.9 Å². The SMILES string of the molecule is Cc1cc(C)c(C(=O)Nc2c(C)cc(Cl)nc2Cl)cc1N. The molecule has 6 heteroatoms. The number of benzene rings is 1. The Bertz CT molecular complexity index is 706. The average Bonchev–Trinajstić information content (AvgIpc) is 2.37. The van der Waals surface area contributed by atoms with Gasteiger partial charge in [0, 0.05) is 11.3 Å². The van der Waals surface area contributed by atoms with Crippen molar-refractivity contribution in [3.8, 4) is 0 Å². The molecule has 0 aliphatic heterocycles.